The molecule has 0 aliphatic carbocycles. The summed E-state index contributed by atoms with van der Waals surface area (Å²) in [7, 11) is 4.44. The predicted octanol–water partition coefficient (Wildman–Crippen LogP) is 2.03. The van der Waals surface area contributed by atoms with Gasteiger partial charge in [-0.15, -0.1) is 0 Å². The van der Waals surface area contributed by atoms with Crippen LogP contribution in [0.1, 0.15) is 25.3 Å². The molecule has 1 saturated heterocycles. The summed E-state index contributed by atoms with van der Waals surface area (Å²) < 4.78 is 0. The van der Waals surface area contributed by atoms with Crippen LogP contribution in [0.15, 0.2) is 24.3 Å². The fourth-order valence-corrected chi connectivity index (χ4v) is 3.30. The van der Waals surface area contributed by atoms with Gasteiger partial charge in [-0.05, 0) is 51.2 Å². The third kappa shape index (κ3) is 4.45. The van der Waals surface area contributed by atoms with Crippen LogP contribution in [0, 0.1) is 0 Å². The van der Waals surface area contributed by atoms with Crippen molar-refractivity contribution in [3.63, 3.8) is 0 Å². The van der Waals surface area contributed by atoms with Crippen molar-refractivity contribution in [3.05, 3.63) is 29.8 Å². The van der Waals surface area contributed by atoms with Gasteiger partial charge in [-0.2, -0.15) is 0 Å². The number of hydrogen-bond acceptors (Lipinski definition) is 4. The van der Waals surface area contributed by atoms with Crippen LogP contribution < -0.4 is 4.90 Å². The van der Waals surface area contributed by atoms with Crippen LogP contribution in [-0.2, 0) is 6.54 Å². The number of para-hydroxylation sites is 1. The van der Waals surface area contributed by atoms with Crippen LogP contribution in [0.2, 0.25) is 0 Å². The fourth-order valence-electron chi connectivity index (χ4n) is 3.30. The van der Waals surface area contributed by atoms with E-state index in [1.165, 1.54) is 37.2 Å². The summed E-state index contributed by atoms with van der Waals surface area (Å²) in [6.07, 6.45) is 2.46. The fraction of sp³-hybridized carbons (Fsp3) is 0.667. The summed E-state index contributed by atoms with van der Waals surface area (Å²) in [5, 5.41) is 9.20. The number of aliphatic hydroxyl groups excluding tert-OH is 1. The van der Waals surface area contributed by atoms with Gasteiger partial charge in [0.15, 0.2) is 0 Å². The Balaban J connectivity index is 2.09. The summed E-state index contributed by atoms with van der Waals surface area (Å²) in [6.45, 7) is 7.35. The van der Waals surface area contributed by atoms with E-state index in [4.69, 9.17) is 0 Å². The van der Waals surface area contributed by atoms with Crippen molar-refractivity contribution >= 4 is 5.69 Å². The lowest BCUT2D eigenvalue weighted by Gasteiger charge is -2.37. The first-order chi connectivity index (χ1) is 10.7. The third-order valence-electron chi connectivity index (χ3n) is 4.86. The molecule has 1 aliphatic rings. The van der Waals surface area contributed by atoms with E-state index in [0.29, 0.717) is 6.04 Å². The highest BCUT2D eigenvalue weighted by Crippen LogP contribution is 2.26. The van der Waals surface area contributed by atoms with Crippen molar-refractivity contribution in [2.75, 3.05) is 51.8 Å². The first-order valence-corrected chi connectivity index (χ1v) is 8.48. The van der Waals surface area contributed by atoms with Crippen molar-refractivity contribution in [3.8, 4) is 0 Å². The molecule has 22 heavy (non-hydrogen) atoms. The lowest BCUT2D eigenvalue weighted by atomic mass is 10.0. The molecule has 1 aliphatic heterocycles. The van der Waals surface area contributed by atoms with Crippen molar-refractivity contribution in [1.82, 2.24) is 9.80 Å². The smallest absolute Gasteiger partial charge is 0.0558 e. The first kappa shape index (κ1) is 17.3. The van der Waals surface area contributed by atoms with Crippen LogP contribution >= 0.6 is 0 Å². The average molecular weight is 305 g/mol. The van der Waals surface area contributed by atoms with Gasteiger partial charge in [0.05, 0.1) is 6.61 Å². The molecule has 0 radical (unpaired) electrons. The first-order valence-electron chi connectivity index (χ1n) is 8.48. The van der Waals surface area contributed by atoms with Crippen LogP contribution in [0.25, 0.3) is 0 Å². The minimum absolute atomic E-state index is 0.223. The van der Waals surface area contributed by atoms with E-state index in [2.05, 4.69) is 60.0 Å². The molecule has 4 heteroatoms. The van der Waals surface area contributed by atoms with Gasteiger partial charge in [0.2, 0.25) is 0 Å². The van der Waals surface area contributed by atoms with Gasteiger partial charge in [0, 0.05) is 31.9 Å². The van der Waals surface area contributed by atoms with Crippen LogP contribution in [0.4, 0.5) is 5.69 Å². The normalized spacial score (nSPS) is 17.1. The topological polar surface area (TPSA) is 30.0 Å². The second kappa shape index (κ2) is 8.51. The van der Waals surface area contributed by atoms with Gasteiger partial charge < -0.3 is 14.9 Å². The maximum atomic E-state index is 9.20. The molecule has 1 aromatic rings. The van der Waals surface area contributed by atoms with Gasteiger partial charge >= 0.3 is 0 Å². The summed E-state index contributed by atoms with van der Waals surface area (Å²) in [4.78, 5) is 7.17. The van der Waals surface area contributed by atoms with E-state index >= 15 is 0 Å². The molecule has 0 amide bonds. The van der Waals surface area contributed by atoms with Gasteiger partial charge in [-0.3, -0.25) is 4.90 Å². The second-order valence-electron chi connectivity index (χ2n) is 6.37. The third-order valence-corrected chi connectivity index (χ3v) is 4.86. The van der Waals surface area contributed by atoms with E-state index in [0.717, 1.165) is 19.6 Å². The van der Waals surface area contributed by atoms with Gasteiger partial charge in [0.25, 0.3) is 0 Å². The number of rotatable bonds is 7. The number of benzene rings is 1. The summed E-state index contributed by atoms with van der Waals surface area (Å²) in [5.41, 5.74) is 2.70. The van der Waals surface area contributed by atoms with Crippen molar-refractivity contribution in [2.45, 2.75) is 32.4 Å². The molecule has 1 fully saturated rings. The van der Waals surface area contributed by atoms with Crippen LogP contribution in [-0.4, -0.2) is 67.8 Å². The number of nitrogens with zero attached hydrogens (tertiary/aromatic N) is 3. The minimum atomic E-state index is 0.223. The Morgan fingerprint density at radius 2 is 1.91 bits per heavy atom. The number of likely N-dealkylation sites (tertiary alicyclic amines) is 1. The van der Waals surface area contributed by atoms with Gasteiger partial charge in [0.1, 0.15) is 0 Å². The van der Waals surface area contributed by atoms with E-state index in [1.54, 1.807) is 0 Å². The number of piperidine rings is 1. The highest BCUT2D eigenvalue weighted by Gasteiger charge is 2.22. The molecule has 2 rings (SSSR count). The number of hydrogen-bond donors (Lipinski definition) is 1. The quantitative estimate of drug-likeness (QED) is 0.835. The van der Waals surface area contributed by atoms with Crippen molar-refractivity contribution < 1.29 is 5.11 Å². The lowest BCUT2D eigenvalue weighted by Crippen LogP contribution is -2.42. The highest BCUT2D eigenvalue weighted by molar-refractivity contribution is 5.54. The molecular formula is C18H31N3O. The monoisotopic (exact) mass is 305 g/mol. The molecule has 1 heterocycles. The number of anilines is 1. The molecule has 124 valence electrons. The Morgan fingerprint density at radius 3 is 2.55 bits per heavy atom. The number of likely N-dealkylation sites (N-methyl/N-ethyl adjacent to an activating group) is 1. The Hall–Kier alpha value is -1.10. The Kier molecular flexibility index (Phi) is 6.68. The zero-order valence-corrected chi connectivity index (χ0v) is 14.3. The maximum absolute atomic E-state index is 9.20. The molecule has 4 nitrogen and oxygen atoms in total. The Labute approximate surface area is 135 Å². The minimum Gasteiger partial charge on any atom is -0.395 e. The van der Waals surface area contributed by atoms with Gasteiger partial charge in [-0.1, -0.05) is 25.1 Å². The van der Waals surface area contributed by atoms with Gasteiger partial charge in [-0.25, -0.2) is 0 Å². The molecule has 0 aromatic heterocycles. The maximum Gasteiger partial charge on any atom is 0.0558 e. The predicted molar refractivity (Wildman–Crippen MR) is 93.4 cm³/mol. The zero-order chi connectivity index (χ0) is 15.9. The molecule has 0 bridgehead atoms. The SMILES string of the molecule is CCN(CCO)Cc1ccccc1N(C)C1CCN(C)CC1. The summed E-state index contributed by atoms with van der Waals surface area (Å²) >= 11 is 0. The molecular weight excluding hydrogens is 274 g/mol. The second-order valence-corrected chi connectivity index (χ2v) is 6.37. The van der Waals surface area contributed by atoms with E-state index < -0.39 is 0 Å². The van der Waals surface area contributed by atoms with Crippen LogP contribution in [0.5, 0.6) is 0 Å². The van der Waals surface area contributed by atoms with E-state index in [9.17, 15) is 5.11 Å². The standard InChI is InChI=1S/C18H31N3O/c1-4-21(13-14-22)15-16-7-5-6-8-18(16)20(3)17-9-11-19(2)12-10-17/h5-8,17,22H,4,9-15H2,1-3H3. The molecule has 0 saturated carbocycles. The van der Waals surface area contributed by atoms with Crippen LogP contribution in [0.3, 0.4) is 0 Å². The van der Waals surface area contributed by atoms with Crippen molar-refractivity contribution in [2.24, 2.45) is 0 Å². The molecule has 0 spiro atoms. The highest BCUT2D eigenvalue weighted by atomic mass is 16.3. The molecule has 1 aromatic carbocycles. The summed E-state index contributed by atoms with van der Waals surface area (Å²) in [5.74, 6) is 0. The van der Waals surface area contributed by atoms with Crippen molar-refractivity contribution in [1.29, 1.82) is 0 Å². The largest absolute Gasteiger partial charge is 0.395 e. The number of aliphatic hydroxyl groups is 1. The molecule has 0 atom stereocenters. The molecule has 1 N–H and O–H groups in total. The van der Waals surface area contributed by atoms with E-state index in [-0.39, 0.29) is 6.61 Å². The Bertz CT molecular complexity index is 444. The molecule has 0 unspecified atom stereocenters. The average Bonchev–Trinajstić information content (AvgIpc) is 2.55. The van der Waals surface area contributed by atoms with E-state index in [1.807, 2.05) is 0 Å². The lowest BCUT2D eigenvalue weighted by molar-refractivity contribution is 0.196. The Morgan fingerprint density at radius 1 is 1.23 bits per heavy atom. The zero-order valence-electron chi connectivity index (χ0n) is 14.3. The summed E-state index contributed by atoms with van der Waals surface area (Å²) in [6, 6.07) is 9.34.